The van der Waals surface area contributed by atoms with E-state index in [1.807, 2.05) is 30.3 Å². The maximum absolute atomic E-state index is 10.7. The number of hydrogen-bond acceptors (Lipinski definition) is 4. The van der Waals surface area contributed by atoms with Crippen molar-refractivity contribution in [3.63, 3.8) is 0 Å². The summed E-state index contributed by atoms with van der Waals surface area (Å²) in [5.74, 6) is 1.10. The van der Waals surface area contributed by atoms with Gasteiger partial charge in [-0.15, -0.1) is 15.0 Å². The first-order valence-electron chi connectivity index (χ1n) is 10.00. The van der Waals surface area contributed by atoms with Crippen LogP contribution >= 0.6 is 0 Å². The van der Waals surface area contributed by atoms with E-state index in [4.69, 9.17) is 4.74 Å². The van der Waals surface area contributed by atoms with Crippen molar-refractivity contribution in [1.82, 2.24) is 15.0 Å². The van der Waals surface area contributed by atoms with E-state index < -0.39 is 0 Å². The highest BCUT2D eigenvalue weighted by molar-refractivity contribution is 5.73. The highest BCUT2D eigenvalue weighted by Gasteiger charge is 2.15. The molecule has 3 aromatic rings. The van der Waals surface area contributed by atoms with Crippen LogP contribution in [0.5, 0.6) is 11.5 Å². The molecule has 0 saturated heterocycles. The van der Waals surface area contributed by atoms with E-state index in [0.29, 0.717) is 24.0 Å². The lowest BCUT2D eigenvalue weighted by atomic mass is 9.97. The molecule has 1 unspecified atom stereocenters. The lowest BCUT2D eigenvalue weighted by molar-refractivity contribution is 0.220. The Kier molecular flexibility index (Phi) is 6.69. The highest BCUT2D eigenvalue weighted by Crippen LogP contribution is 2.33. The number of benzene rings is 2. The monoisotopic (exact) mass is 367 g/mol. The number of rotatable bonds is 10. The van der Waals surface area contributed by atoms with Crippen LogP contribution in [-0.4, -0.2) is 26.7 Å². The normalized spacial score (nSPS) is 12.4. The smallest absolute Gasteiger partial charge is 0.185 e. The third-order valence-corrected chi connectivity index (χ3v) is 4.87. The Labute approximate surface area is 161 Å². The first-order chi connectivity index (χ1) is 13.2. The predicted octanol–water partition coefficient (Wildman–Crippen LogP) is 5.50. The van der Waals surface area contributed by atoms with Crippen molar-refractivity contribution in [1.29, 1.82) is 0 Å². The van der Waals surface area contributed by atoms with Crippen molar-refractivity contribution < 1.29 is 9.84 Å². The molecular weight excluding hydrogens is 338 g/mol. The Morgan fingerprint density at radius 3 is 2.33 bits per heavy atom. The number of aromatic nitrogens is 3. The molecule has 0 aliphatic carbocycles. The second kappa shape index (κ2) is 9.40. The fourth-order valence-electron chi connectivity index (χ4n) is 3.37. The molecule has 0 bridgehead atoms. The van der Waals surface area contributed by atoms with Crippen LogP contribution in [0, 0.1) is 5.92 Å². The number of fused-ring (bicyclic) bond motifs is 1. The van der Waals surface area contributed by atoms with Crippen LogP contribution in [0.25, 0.3) is 16.7 Å². The Hall–Kier alpha value is -2.56. The molecule has 0 fully saturated rings. The van der Waals surface area contributed by atoms with Gasteiger partial charge in [0.15, 0.2) is 11.5 Å². The summed E-state index contributed by atoms with van der Waals surface area (Å²) < 4.78 is 6.00. The molecule has 2 aromatic carbocycles. The molecule has 1 heterocycles. The van der Waals surface area contributed by atoms with E-state index in [-0.39, 0.29) is 5.75 Å². The SMILES string of the molecule is CCCCCC(CCC)COc1cccc(-n2nc3ccccc3n2)c1O. The van der Waals surface area contributed by atoms with Gasteiger partial charge in [0.2, 0.25) is 0 Å². The molecule has 5 heteroatoms. The van der Waals surface area contributed by atoms with Crippen molar-refractivity contribution in [2.45, 2.75) is 52.4 Å². The zero-order valence-electron chi connectivity index (χ0n) is 16.3. The minimum Gasteiger partial charge on any atom is -0.503 e. The van der Waals surface area contributed by atoms with Gasteiger partial charge in [0, 0.05) is 0 Å². The topological polar surface area (TPSA) is 60.2 Å². The number of phenols is 1. The second-order valence-electron chi connectivity index (χ2n) is 7.06. The molecule has 0 amide bonds. The molecule has 0 saturated carbocycles. The molecule has 0 spiro atoms. The molecule has 1 aromatic heterocycles. The van der Waals surface area contributed by atoms with Crippen LogP contribution in [0.2, 0.25) is 0 Å². The van der Waals surface area contributed by atoms with E-state index in [1.165, 1.54) is 30.5 Å². The average molecular weight is 367 g/mol. The lowest BCUT2D eigenvalue weighted by Crippen LogP contribution is -2.12. The molecule has 5 nitrogen and oxygen atoms in total. The molecule has 27 heavy (non-hydrogen) atoms. The van der Waals surface area contributed by atoms with Crippen molar-refractivity contribution in [3.05, 3.63) is 42.5 Å². The number of unbranched alkanes of at least 4 members (excludes halogenated alkanes) is 2. The number of phenolic OH excluding ortho intramolecular Hbond substituents is 1. The Morgan fingerprint density at radius 1 is 0.926 bits per heavy atom. The summed E-state index contributed by atoms with van der Waals surface area (Å²) in [5, 5.41) is 19.6. The first kappa shape index (κ1) is 19.2. The fourth-order valence-corrected chi connectivity index (χ4v) is 3.37. The quantitative estimate of drug-likeness (QED) is 0.481. The highest BCUT2D eigenvalue weighted by atomic mass is 16.5. The third kappa shape index (κ3) is 4.79. The number of hydrogen-bond donors (Lipinski definition) is 1. The number of para-hydroxylation sites is 1. The van der Waals surface area contributed by atoms with Crippen molar-refractivity contribution in [3.8, 4) is 17.2 Å². The van der Waals surface area contributed by atoms with E-state index in [9.17, 15) is 5.11 Å². The third-order valence-electron chi connectivity index (χ3n) is 4.87. The fraction of sp³-hybridized carbons (Fsp3) is 0.455. The molecule has 3 rings (SSSR count). The molecule has 1 N–H and O–H groups in total. The minimum absolute atomic E-state index is 0.0848. The average Bonchev–Trinajstić information content (AvgIpc) is 3.11. The summed E-state index contributed by atoms with van der Waals surface area (Å²) in [6.07, 6.45) is 7.20. The van der Waals surface area contributed by atoms with Gasteiger partial charge in [-0.1, -0.05) is 57.7 Å². The van der Waals surface area contributed by atoms with Gasteiger partial charge in [-0.05, 0) is 43.0 Å². The standard InChI is InChI=1S/C22H29N3O2/c1-3-5-6-11-17(10-4-2)16-27-21-15-9-14-20(22(21)26)25-23-18-12-7-8-13-19(18)24-25/h7-9,12-15,17,26H,3-6,10-11,16H2,1-2H3. The molecular formula is C22H29N3O2. The van der Waals surface area contributed by atoms with Gasteiger partial charge in [-0.3, -0.25) is 0 Å². The summed E-state index contributed by atoms with van der Waals surface area (Å²) in [4.78, 5) is 1.47. The number of ether oxygens (including phenoxy) is 1. The first-order valence-corrected chi connectivity index (χ1v) is 10.00. The van der Waals surface area contributed by atoms with E-state index in [1.54, 1.807) is 12.1 Å². The number of aromatic hydroxyl groups is 1. The summed E-state index contributed by atoms with van der Waals surface area (Å²) in [5.41, 5.74) is 2.12. The summed E-state index contributed by atoms with van der Waals surface area (Å²) >= 11 is 0. The Balaban J connectivity index is 1.74. The predicted molar refractivity (Wildman–Crippen MR) is 109 cm³/mol. The van der Waals surface area contributed by atoms with E-state index >= 15 is 0 Å². The van der Waals surface area contributed by atoms with Gasteiger partial charge < -0.3 is 9.84 Å². The zero-order valence-corrected chi connectivity index (χ0v) is 16.3. The zero-order chi connectivity index (χ0) is 19.1. The van der Waals surface area contributed by atoms with Gasteiger partial charge in [-0.2, -0.15) is 0 Å². The lowest BCUT2D eigenvalue weighted by Gasteiger charge is -2.18. The van der Waals surface area contributed by atoms with Gasteiger partial charge in [0.1, 0.15) is 16.7 Å². The van der Waals surface area contributed by atoms with Gasteiger partial charge in [-0.25, -0.2) is 0 Å². The molecule has 0 aliphatic rings. The largest absolute Gasteiger partial charge is 0.503 e. The van der Waals surface area contributed by atoms with Crippen molar-refractivity contribution in [2.75, 3.05) is 6.61 Å². The van der Waals surface area contributed by atoms with Gasteiger partial charge in [0.05, 0.1) is 6.61 Å². The summed E-state index contributed by atoms with van der Waals surface area (Å²) in [6.45, 7) is 5.06. The van der Waals surface area contributed by atoms with Crippen LogP contribution in [0.15, 0.2) is 42.5 Å². The maximum Gasteiger partial charge on any atom is 0.185 e. The number of nitrogens with zero attached hydrogens (tertiary/aromatic N) is 3. The van der Waals surface area contributed by atoms with Crippen molar-refractivity contribution in [2.24, 2.45) is 5.92 Å². The van der Waals surface area contributed by atoms with Crippen molar-refractivity contribution >= 4 is 11.0 Å². The molecule has 1 atom stereocenters. The molecule has 144 valence electrons. The van der Waals surface area contributed by atoms with Crippen LogP contribution in [-0.2, 0) is 0 Å². The maximum atomic E-state index is 10.7. The molecule has 0 radical (unpaired) electrons. The summed E-state index contributed by atoms with van der Waals surface area (Å²) in [7, 11) is 0. The Morgan fingerprint density at radius 2 is 1.67 bits per heavy atom. The van der Waals surface area contributed by atoms with E-state index in [0.717, 1.165) is 23.9 Å². The van der Waals surface area contributed by atoms with Gasteiger partial charge >= 0.3 is 0 Å². The molecule has 0 aliphatic heterocycles. The van der Waals surface area contributed by atoms with Crippen LogP contribution < -0.4 is 4.74 Å². The second-order valence-corrected chi connectivity index (χ2v) is 7.06. The summed E-state index contributed by atoms with van der Waals surface area (Å²) in [6, 6.07) is 13.1. The van der Waals surface area contributed by atoms with Crippen LogP contribution in [0.1, 0.15) is 52.4 Å². The van der Waals surface area contributed by atoms with Gasteiger partial charge in [0.25, 0.3) is 0 Å². The van der Waals surface area contributed by atoms with Crippen LogP contribution in [0.4, 0.5) is 0 Å². The van der Waals surface area contributed by atoms with E-state index in [2.05, 4.69) is 24.0 Å². The minimum atomic E-state index is 0.0848. The van der Waals surface area contributed by atoms with Crippen LogP contribution in [0.3, 0.4) is 0 Å². The Bertz CT molecular complexity index is 827.